The Hall–Kier alpha value is -2.30. The van der Waals surface area contributed by atoms with Crippen LogP contribution in [0.4, 0.5) is 0 Å². The molecule has 4 aromatic rings. The first-order valence-electron chi connectivity index (χ1n) is 7.87. The Labute approximate surface area is 158 Å². The average molecular weight is 408 g/mol. The SMILES string of the molecule is O=c1c(Sc2ccccc2Br)c(-c2ccccc2)[nH]c2ccccc12. The van der Waals surface area contributed by atoms with Crippen molar-refractivity contribution in [1.29, 1.82) is 0 Å². The van der Waals surface area contributed by atoms with Crippen molar-refractivity contribution in [1.82, 2.24) is 4.98 Å². The van der Waals surface area contributed by atoms with Crippen LogP contribution in [0.1, 0.15) is 0 Å². The lowest BCUT2D eigenvalue weighted by atomic mass is 10.1. The van der Waals surface area contributed by atoms with Gasteiger partial charge in [-0.15, -0.1) is 0 Å². The van der Waals surface area contributed by atoms with Crippen LogP contribution in [0.15, 0.2) is 97.9 Å². The van der Waals surface area contributed by atoms with Crippen LogP contribution in [0.25, 0.3) is 22.2 Å². The van der Waals surface area contributed by atoms with Crippen molar-refractivity contribution in [3.8, 4) is 11.3 Å². The quantitative estimate of drug-likeness (QED) is 0.444. The summed E-state index contributed by atoms with van der Waals surface area (Å²) in [5.74, 6) is 0. The summed E-state index contributed by atoms with van der Waals surface area (Å²) in [4.78, 5) is 18.4. The van der Waals surface area contributed by atoms with Gasteiger partial charge in [0.25, 0.3) is 0 Å². The first kappa shape index (κ1) is 16.2. The first-order chi connectivity index (χ1) is 12.2. The van der Waals surface area contributed by atoms with Crippen LogP contribution in [0.2, 0.25) is 0 Å². The van der Waals surface area contributed by atoms with Crippen molar-refractivity contribution in [3.05, 3.63) is 93.6 Å². The summed E-state index contributed by atoms with van der Waals surface area (Å²) in [5, 5.41) is 0.705. The predicted octanol–water partition coefficient (Wildman–Crippen LogP) is 6.11. The van der Waals surface area contributed by atoms with E-state index in [2.05, 4.69) is 20.9 Å². The third-order valence-corrected chi connectivity index (χ3v) is 6.10. The van der Waals surface area contributed by atoms with Crippen LogP contribution >= 0.6 is 27.7 Å². The van der Waals surface area contributed by atoms with Crippen LogP contribution in [0.5, 0.6) is 0 Å². The van der Waals surface area contributed by atoms with E-state index in [1.165, 1.54) is 11.8 Å². The molecule has 1 aromatic heterocycles. The highest BCUT2D eigenvalue weighted by atomic mass is 79.9. The maximum atomic E-state index is 13.2. The van der Waals surface area contributed by atoms with E-state index < -0.39 is 0 Å². The topological polar surface area (TPSA) is 32.9 Å². The third-order valence-electron chi connectivity index (χ3n) is 3.98. The predicted molar refractivity (Wildman–Crippen MR) is 108 cm³/mol. The number of rotatable bonds is 3. The van der Waals surface area contributed by atoms with Gasteiger partial charge in [0.15, 0.2) is 0 Å². The van der Waals surface area contributed by atoms with Crippen molar-refractivity contribution >= 4 is 38.6 Å². The van der Waals surface area contributed by atoms with Gasteiger partial charge in [-0.25, -0.2) is 0 Å². The third kappa shape index (κ3) is 3.15. The number of hydrogen-bond donors (Lipinski definition) is 1. The summed E-state index contributed by atoms with van der Waals surface area (Å²) in [6, 6.07) is 25.6. The molecular formula is C21H14BrNOS. The average Bonchev–Trinajstić information content (AvgIpc) is 2.66. The fourth-order valence-corrected chi connectivity index (χ4v) is 4.29. The molecule has 3 aromatic carbocycles. The highest BCUT2D eigenvalue weighted by Gasteiger charge is 2.15. The molecule has 0 radical (unpaired) electrons. The second kappa shape index (κ2) is 6.90. The van der Waals surface area contributed by atoms with Gasteiger partial charge in [-0.05, 0) is 45.8 Å². The molecule has 0 aliphatic rings. The standard InChI is InChI=1S/C21H14BrNOS/c22-16-11-5-7-13-18(16)25-21-19(14-8-2-1-3-9-14)23-17-12-6-4-10-15(17)20(21)24/h1-13H,(H,23,24). The fraction of sp³-hybridized carbons (Fsp3) is 0. The maximum Gasteiger partial charge on any atom is 0.203 e. The molecule has 0 aliphatic carbocycles. The van der Waals surface area contributed by atoms with E-state index in [-0.39, 0.29) is 5.43 Å². The molecule has 0 bridgehead atoms. The number of benzene rings is 3. The molecule has 1 heterocycles. The number of aromatic nitrogens is 1. The molecule has 4 heteroatoms. The Morgan fingerprint density at radius 1 is 0.800 bits per heavy atom. The number of nitrogens with one attached hydrogen (secondary N) is 1. The highest BCUT2D eigenvalue weighted by Crippen LogP contribution is 2.37. The smallest absolute Gasteiger partial charge is 0.203 e. The zero-order valence-corrected chi connectivity index (χ0v) is 15.6. The molecule has 0 fully saturated rings. The van der Waals surface area contributed by atoms with Crippen LogP contribution in [-0.4, -0.2) is 4.98 Å². The summed E-state index contributed by atoms with van der Waals surface area (Å²) in [6.07, 6.45) is 0. The molecule has 0 saturated carbocycles. The van der Waals surface area contributed by atoms with Crippen LogP contribution in [0.3, 0.4) is 0 Å². The van der Waals surface area contributed by atoms with E-state index in [1.807, 2.05) is 78.9 Å². The van der Waals surface area contributed by atoms with Crippen molar-refractivity contribution in [3.63, 3.8) is 0 Å². The van der Waals surface area contributed by atoms with Gasteiger partial charge in [0, 0.05) is 20.3 Å². The molecule has 0 amide bonds. The molecule has 0 atom stereocenters. The van der Waals surface area contributed by atoms with Gasteiger partial charge in [0.1, 0.15) is 0 Å². The lowest BCUT2D eigenvalue weighted by Crippen LogP contribution is -2.08. The second-order valence-corrected chi connectivity index (χ2v) is 7.51. The van der Waals surface area contributed by atoms with Gasteiger partial charge >= 0.3 is 0 Å². The zero-order valence-electron chi connectivity index (χ0n) is 13.2. The maximum absolute atomic E-state index is 13.2. The number of H-pyrrole nitrogens is 1. The number of pyridine rings is 1. The first-order valence-corrected chi connectivity index (χ1v) is 9.48. The summed E-state index contributed by atoms with van der Waals surface area (Å²) in [6.45, 7) is 0. The molecule has 0 spiro atoms. The molecular weight excluding hydrogens is 394 g/mol. The molecule has 0 aliphatic heterocycles. The van der Waals surface area contributed by atoms with Gasteiger partial charge in [0.2, 0.25) is 5.43 Å². The molecule has 2 nitrogen and oxygen atoms in total. The van der Waals surface area contributed by atoms with E-state index >= 15 is 0 Å². The molecule has 25 heavy (non-hydrogen) atoms. The Balaban J connectivity index is 1.99. The Morgan fingerprint density at radius 3 is 2.28 bits per heavy atom. The van der Waals surface area contributed by atoms with E-state index in [1.54, 1.807) is 0 Å². The van der Waals surface area contributed by atoms with Crippen LogP contribution in [0, 0.1) is 0 Å². The van der Waals surface area contributed by atoms with E-state index in [9.17, 15) is 4.79 Å². The number of halogens is 1. The molecule has 0 saturated heterocycles. The number of hydrogen-bond acceptors (Lipinski definition) is 2. The Bertz CT molecular complexity index is 1110. The lowest BCUT2D eigenvalue weighted by molar-refractivity contribution is 1.25. The molecule has 0 unspecified atom stereocenters. The Kier molecular flexibility index (Phi) is 4.47. The molecule has 4 rings (SSSR count). The number of para-hydroxylation sites is 1. The minimum atomic E-state index is 0.0500. The molecule has 122 valence electrons. The number of fused-ring (bicyclic) bond motifs is 1. The summed E-state index contributed by atoms with van der Waals surface area (Å²) in [7, 11) is 0. The summed E-state index contributed by atoms with van der Waals surface area (Å²) >= 11 is 5.06. The van der Waals surface area contributed by atoms with E-state index in [0.29, 0.717) is 10.3 Å². The van der Waals surface area contributed by atoms with Crippen LogP contribution < -0.4 is 5.43 Å². The largest absolute Gasteiger partial charge is 0.353 e. The van der Waals surface area contributed by atoms with Crippen LogP contribution in [-0.2, 0) is 0 Å². The fourth-order valence-electron chi connectivity index (χ4n) is 2.76. The molecule has 1 N–H and O–H groups in total. The van der Waals surface area contributed by atoms with Crippen molar-refractivity contribution in [2.45, 2.75) is 9.79 Å². The van der Waals surface area contributed by atoms with Gasteiger partial charge in [-0.3, -0.25) is 4.79 Å². The van der Waals surface area contributed by atoms with Gasteiger partial charge < -0.3 is 4.98 Å². The summed E-state index contributed by atoms with van der Waals surface area (Å²) in [5.41, 5.74) is 2.75. The van der Waals surface area contributed by atoms with E-state index in [4.69, 9.17) is 0 Å². The minimum absolute atomic E-state index is 0.0500. The summed E-state index contributed by atoms with van der Waals surface area (Å²) < 4.78 is 0.978. The highest BCUT2D eigenvalue weighted by molar-refractivity contribution is 9.10. The second-order valence-electron chi connectivity index (χ2n) is 5.60. The zero-order chi connectivity index (χ0) is 17.2. The normalized spacial score (nSPS) is 10.9. The monoisotopic (exact) mass is 407 g/mol. The van der Waals surface area contributed by atoms with E-state index in [0.717, 1.165) is 26.1 Å². The Morgan fingerprint density at radius 2 is 1.48 bits per heavy atom. The van der Waals surface area contributed by atoms with Gasteiger partial charge in [-0.2, -0.15) is 0 Å². The number of aromatic amines is 1. The van der Waals surface area contributed by atoms with Gasteiger partial charge in [-0.1, -0.05) is 66.4 Å². The van der Waals surface area contributed by atoms with Crippen molar-refractivity contribution < 1.29 is 0 Å². The van der Waals surface area contributed by atoms with Gasteiger partial charge in [0.05, 0.1) is 10.6 Å². The minimum Gasteiger partial charge on any atom is -0.353 e. The van der Waals surface area contributed by atoms with Crippen molar-refractivity contribution in [2.24, 2.45) is 0 Å². The van der Waals surface area contributed by atoms with Crippen molar-refractivity contribution in [2.75, 3.05) is 0 Å². The lowest BCUT2D eigenvalue weighted by Gasteiger charge is -2.12.